The number of halogens is 3. The van der Waals surface area contributed by atoms with Gasteiger partial charge in [0.1, 0.15) is 4.90 Å². The molecule has 0 bridgehead atoms. The number of anilines is 1. The van der Waals surface area contributed by atoms with E-state index in [0.29, 0.717) is 33.3 Å². The van der Waals surface area contributed by atoms with E-state index in [1.807, 2.05) is 6.92 Å². The fourth-order valence-corrected chi connectivity index (χ4v) is 4.70. The zero-order chi connectivity index (χ0) is 19.8. The summed E-state index contributed by atoms with van der Waals surface area (Å²) in [5.74, 6) is 0.184. The second kappa shape index (κ2) is 7.83. The summed E-state index contributed by atoms with van der Waals surface area (Å²) < 4.78 is 31.5. The van der Waals surface area contributed by atoms with Crippen molar-refractivity contribution in [3.05, 3.63) is 56.4 Å². The van der Waals surface area contributed by atoms with Crippen LogP contribution in [0.15, 0.2) is 40.0 Å². The first kappa shape index (κ1) is 20.2. The Morgan fingerprint density at radius 2 is 1.93 bits per heavy atom. The van der Waals surface area contributed by atoms with Crippen LogP contribution in [0.3, 0.4) is 0 Å². The summed E-state index contributed by atoms with van der Waals surface area (Å²) >= 11 is 15.4. The number of hydrogen-bond donors (Lipinski definition) is 1. The van der Waals surface area contributed by atoms with E-state index >= 15 is 0 Å². The van der Waals surface area contributed by atoms with Gasteiger partial charge in [0.2, 0.25) is 0 Å². The minimum atomic E-state index is -3.81. The van der Waals surface area contributed by atoms with Crippen LogP contribution in [0, 0.1) is 6.92 Å². The quantitative estimate of drug-likeness (QED) is 0.555. The summed E-state index contributed by atoms with van der Waals surface area (Å²) in [5, 5.41) is 9.52. The molecule has 0 spiro atoms. The van der Waals surface area contributed by atoms with E-state index in [4.69, 9.17) is 23.2 Å². The lowest BCUT2D eigenvalue weighted by Crippen LogP contribution is -2.14. The zero-order valence-electron chi connectivity index (χ0n) is 14.4. The van der Waals surface area contributed by atoms with Gasteiger partial charge in [0.15, 0.2) is 5.82 Å². The van der Waals surface area contributed by atoms with Gasteiger partial charge in [-0.1, -0.05) is 29.3 Å². The first-order chi connectivity index (χ1) is 12.7. The summed E-state index contributed by atoms with van der Waals surface area (Å²) in [7, 11) is -3.81. The van der Waals surface area contributed by atoms with Crippen molar-refractivity contribution in [1.29, 1.82) is 0 Å². The van der Waals surface area contributed by atoms with Gasteiger partial charge in [-0.05, 0) is 47.5 Å². The molecule has 11 heteroatoms. The lowest BCUT2D eigenvalue weighted by Gasteiger charge is -2.06. The van der Waals surface area contributed by atoms with Gasteiger partial charge in [0.25, 0.3) is 10.0 Å². The van der Waals surface area contributed by atoms with Crippen LogP contribution in [-0.4, -0.2) is 28.0 Å². The number of nitrogens with one attached hydrogen (secondary N) is 1. The minimum absolute atomic E-state index is 0.117. The van der Waals surface area contributed by atoms with Crippen LogP contribution < -0.4 is 4.72 Å². The molecule has 0 saturated carbocycles. The van der Waals surface area contributed by atoms with Gasteiger partial charge in [-0.2, -0.15) is 10.2 Å². The van der Waals surface area contributed by atoms with Gasteiger partial charge in [0, 0.05) is 29.0 Å². The molecule has 2 heterocycles. The van der Waals surface area contributed by atoms with Crippen LogP contribution in [0.2, 0.25) is 10.0 Å². The number of hydrogen-bond acceptors (Lipinski definition) is 4. The summed E-state index contributed by atoms with van der Waals surface area (Å²) in [4.78, 5) is 0.117. The number of nitrogens with zero attached hydrogens (tertiary/aromatic N) is 4. The molecule has 144 valence electrons. The maximum absolute atomic E-state index is 12.7. The van der Waals surface area contributed by atoms with E-state index in [9.17, 15) is 8.42 Å². The molecule has 0 saturated heterocycles. The molecule has 0 atom stereocenters. The van der Waals surface area contributed by atoms with Crippen molar-refractivity contribution < 1.29 is 8.42 Å². The maximum Gasteiger partial charge on any atom is 0.266 e. The molecule has 0 aliphatic heterocycles. The van der Waals surface area contributed by atoms with Crippen LogP contribution in [0.1, 0.15) is 18.2 Å². The van der Waals surface area contributed by atoms with E-state index in [1.165, 1.54) is 6.20 Å². The monoisotopic (exact) mass is 491 g/mol. The van der Waals surface area contributed by atoms with Gasteiger partial charge in [-0.3, -0.25) is 14.1 Å². The van der Waals surface area contributed by atoms with E-state index in [1.54, 1.807) is 40.7 Å². The first-order valence-electron chi connectivity index (χ1n) is 7.93. The lowest BCUT2D eigenvalue weighted by molar-refractivity contribution is 0.599. The molecule has 0 amide bonds. The molecule has 27 heavy (non-hydrogen) atoms. The van der Waals surface area contributed by atoms with Crippen molar-refractivity contribution in [2.75, 3.05) is 4.72 Å². The van der Waals surface area contributed by atoms with Crippen LogP contribution in [0.25, 0.3) is 0 Å². The van der Waals surface area contributed by atoms with Crippen molar-refractivity contribution in [1.82, 2.24) is 19.6 Å². The number of benzene rings is 1. The Labute approximate surface area is 175 Å². The molecule has 3 aromatic rings. The molecule has 0 radical (unpaired) electrons. The number of aromatic nitrogens is 4. The number of sulfonamides is 1. The highest BCUT2D eigenvalue weighted by Crippen LogP contribution is 2.26. The predicted molar refractivity (Wildman–Crippen MR) is 109 cm³/mol. The highest BCUT2D eigenvalue weighted by Gasteiger charge is 2.23. The molecule has 0 aliphatic carbocycles. The Balaban J connectivity index is 1.85. The Morgan fingerprint density at radius 3 is 2.56 bits per heavy atom. The normalized spacial score (nSPS) is 11.7. The first-order valence-corrected chi connectivity index (χ1v) is 11.0. The van der Waals surface area contributed by atoms with Crippen LogP contribution in [0.4, 0.5) is 5.82 Å². The molecular formula is C16H16BrCl2N5O2S. The Hall–Kier alpha value is -1.55. The van der Waals surface area contributed by atoms with Crippen molar-refractivity contribution >= 4 is 55.0 Å². The van der Waals surface area contributed by atoms with E-state index in [0.717, 1.165) is 5.56 Å². The Kier molecular flexibility index (Phi) is 5.85. The van der Waals surface area contributed by atoms with Gasteiger partial charge >= 0.3 is 0 Å². The molecule has 3 rings (SSSR count). The van der Waals surface area contributed by atoms with Crippen molar-refractivity contribution in [2.45, 2.75) is 31.8 Å². The SMILES string of the molecule is CCn1cc(S(=O)(=O)Nc2nn(Cc3ccc(Cl)cc3Cl)cc2Br)c(C)n1. The molecule has 0 unspecified atom stereocenters. The summed E-state index contributed by atoms with van der Waals surface area (Å²) in [6, 6.07) is 5.18. The van der Waals surface area contributed by atoms with Gasteiger partial charge < -0.3 is 0 Å². The second-order valence-electron chi connectivity index (χ2n) is 5.80. The molecule has 1 N–H and O–H groups in total. The van der Waals surface area contributed by atoms with Crippen LogP contribution >= 0.6 is 39.1 Å². The molecule has 0 fully saturated rings. The van der Waals surface area contributed by atoms with Crippen molar-refractivity contribution in [3.8, 4) is 0 Å². The van der Waals surface area contributed by atoms with Gasteiger partial charge in [-0.25, -0.2) is 8.42 Å². The topological polar surface area (TPSA) is 81.8 Å². The van der Waals surface area contributed by atoms with E-state index < -0.39 is 10.0 Å². The van der Waals surface area contributed by atoms with Gasteiger partial charge in [-0.15, -0.1) is 0 Å². The fraction of sp³-hybridized carbons (Fsp3) is 0.250. The van der Waals surface area contributed by atoms with Crippen LogP contribution in [0.5, 0.6) is 0 Å². The smallest absolute Gasteiger partial charge is 0.266 e. The summed E-state index contributed by atoms with van der Waals surface area (Å²) in [6.07, 6.45) is 3.17. The fourth-order valence-electron chi connectivity index (χ4n) is 2.48. The summed E-state index contributed by atoms with van der Waals surface area (Å²) in [5.41, 5.74) is 1.23. The molecule has 0 aliphatic rings. The second-order valence-corrected chi connectivity index (χ2v) is 9.15. The molecule has 7 nitrogen and oxygen atoms in total. The third-order valence-electron chi connectivity index (χ3n) is 3.81. The predicted octanol–water partition coefficient (Wildman–Crippen LogP) is 4.33. The minimum Gasteiger partial charge on any atom is -0.271 e. The maximum atomic E-state index is 12.7. The van der Waals surface area contributed by atoms with Crippen molar-refractivity contribution in [3.63, 3.8) is 0 Å². The third-order valence-corrected chi connectivity index (χ3v) is 6.42. The molecule has 2 aromatic heterocycles. The standard InChI is InChI=1S/C16H16BrCl2N5O2S/c1-3-23-9-15(10(2)20-23)27(25,26)22-16-13(17)8-24(21-16)7-11-4-5-12(18)6-14(11)19/h4-6,8-9H,3,7H2,1-2H3,(H,21,22). The van der Waals surface area contributed by atoms with Crippen LogP contribution in [-0.2, 0) is 23.1 Å². The highest BCUT2D eigenvalue weighted by molar-refractivity contribution is 9.10. The molecular weight excluding hydrogens is 477 g/mol. The Bertz CT molecular complexity index is 1090. The Morgan fingerprint density at radius 1 is 1.19 bits per heavy atom. The highest BCUT2D eigenvalue weighted by atomic mass is 79.9. The average Bonchev–Trinajstić information content (AvgIpc) is 3.13. The number of aryl methyl sites for hydroxylation is 2. The average molecular weight is 493 g/mol. The number of rotatable bonds is 6. The van der Waals surface area contributed by atoms with Gasteiger partial charge in [0.05, 0.1) is 16.7 Å². The zero-order valence-corrected chi connectivity index (χ0v) is 18.4. The largest absolute Gasteiger partial charge is 0.271 e. The van der Waals surface area contributed by atoms with E-state index in [-0.39, 0.29) is 10.7 Å². The van der Waals surface area contributed by atoms with E-state index in [2.05, 4.69) is 30.8 Å². The summed E-state index contributed by atoms with van der Waals surface area (Å²) in [6.45, 7) is 4.48. The lowest BCUT2D eigenvalue weighted by atomic mass is 10.2. The molecule has 1 aromatic carbocycles. The van der Waals surface area contributed by atoms with Crippen molar-refractivity contribution in [2.24, 2.45) is 0 Å². The third kappa shape index (κ3) is 4.48.